The molecule has 0 unspecified atom stereocenters. The second-order valence-electron chi connectivity index (χ2n) is 5.04. The summed E-state index contributed by atoms with van der Waals surface area (Å²) in [4.78, 5) is 23.5. The van der Waals surface area contributed by atoms with E-state index < -0.39 is 17.8 Å². The van der Waals surface area contributed by atoms with Crippen LogP contribution < -0.4 is 10.6 Å². The standard InChI is InChI=1S/C17H16ClFN2O2/c1-11(22)20-15(12-5-3-2-4-6-12)10-17(23)21-16-9-13(18)7-8-14(16)19/h2-9,15H,10H2,1H3,(H,20,22)(H,21,23)/t15-/m1/s1. The van der Waals surface area contributed by atoms with Gasteiger partial charge in [-0.15, -0.1) is 0 Å². The zero-order valence-corrected chi connectivity index (χ0v) is 13.2. The minimum absolute atomic E-state index is 0.0112. The Kier molecular flexibility index (Phi) is 5.71. The summed E-state index contributed by atoms with van der Waals surface area (Å²) in [6.07, 6.45) is -0.0183. The van der Waals surface area contributed by atoms with E-state index in [0.717, 1.165) is 5.56 Å². The zero-order valence-electron chi connectivity index (χ0n) is 12.5. The van der Waals surface area contributed by atoms with E-state index in [1.54, 1.807) is 0 Å². The van der Waals surface area contributed by atoms with E-state index in [0.29, 0.717) is 5.02 Å². The first-order valence-electron chi connectivity index (χ1n) is 7.02. The Labute approximate surface area is 138 Å². The summed E-state index contributed by atoms with van der Waals surface area (Å²) < 4.78 is 13.7. The summed E-state index contributed by atoms with van der Waals surface area (Å²) in [7, 11) is 0. The number of hydrogen-bond donors (Lipinski definition) is 2. The van der Waals surface area contributed by atoms with Crippen molar-refractivity contribution in [2.45, 2.75) is 19.4 Å². The van der Waals surface area contributed by atoms with Crippen LogP contribution in [0.5, 0.6) is 0 Å². The molecule has 2 aromatic carbocycles. The molecule has 0 radical (unpaired) electrons. The third kappa shape index (κ3) is 5.07. The van der Waals surface area contributed by atoms with Crippen LogP contribution in [0.25, 0.3) is 0 Å². The maximum atomic E-state index is 13.7. The van der Waals surface area contributed by atoms with E-state index in [1.807, 2.05) is 30.3 Å². The number of anilines is 1. The second-order valence-corrected chi connectivity index (χ2v) is 5.48. The Morgan fingerprint density at radius 3 is 2.52 bits per heavy atom. The van der Waals surface area contributed by atoms with Crippen LogP contribution in [-0.2, 0) is 9.59 Å². The quantitative estimate of drug-likeness (QED) is 0.876. The Hall–Kier alpha value is -2.40. The molecule has 2 rings (SSSR count). The lowest BCUT2D eigenvalue weighted by molar-refractivity contribution is -0.120. The monoisotopic (exact) mass is 334 g/mol. The molecular formula is C17H16ClFN2O2. The van der Waals surface area contributed by atoms with E-state index in [1.165, 1.54) is 25.1 Å². The highest BCUT2D eigenvalue weighted by molar-refractivity contribution is 6.30. The molecule has 1 atom stereocenters. The van der Waals surface area contributed by atoms with Gasteiger partial charge in [0.05, 0.1) is 18.2 Å². The number of benzene rings is 2. The van der Waals surface area contributed by atoms with Crippen molar-refractivity contribution in [3.8, 4) is 0 Å². The van der Waals surface area contributed by atoms with Crippen molar-refractivity contribution in [2.75, 3.05) is 5.32 Å². The van der Waals surface area contributed by atoms with Gasteiger partial charge < -0.3 is 10.6 Å². The first-order chi connectivity index (χ1) is 11.0. The van der Waals surface area contributed by atoms with Crippen LogP contribution >= 0.6 is 11.6 Å². The van der Waals surface area contributed by atoms with Crippen LogP contribution in [0.1, 0.15) is 24.9 Å². The summed E-state index contributed by atoms with van der Waals surface area (Å²) in [6, 6.07) is 12.5. The van der Waals surface area contributed by atoms with Gasteiger partial charge in [0.25, 0.3) is 0 Å². The summed E-state index contributed by atoms with van der Waals surface area (Å²) in [5.41, 5.74) is 0.807. The number of nitrogens with one attached hydrogen (secondary N) is 2. The molecule has 2 aromatic rings. The molecule has 2 amide bonds. The van der Waals surface area contributed by atoms with Gasteiger partial charge in [0, 0.05) is 11.9 Å². The predicted molar refractivity (Wildman–Crippen MR) is 87.7 cm³/mol. The van der Waals surface area contributed by atoms with Crippen molar-refractivity contribution >= 4 is 29.1 Å². The molecule has 0 fully saturated rings. The largest absolute Gasteiger partial charge is 0.349 e. The van der Waals surface area contributed by atoms with Gasteiger partial charge in [0.2, 0.25) is 11.8 Å². The number of halogens is 2. The van der Waals surface area contributed by atoms with Gasteiger partial charge in [0.15, 0.2) is 0 Å². The van der Waals surface area contributed by atoms with Gasteiger partial charge >= 0.3 is 0 Å². The van der Waals surface area contributed by atoms with Crippen LogP contribution in [0.3, 0.4) is 0 Å². The molecule has 0 spiro atoms. The summed E-state index contributed by atoms with van der Waals surface area (Å²) >= 11 is 5.80. The molecule has 0 aromatic heterocycles. The highest BCUT2D eigenvalue weighted by atomic mass is 35.5. The normalized spacial score (nSPS) is 11.6. The Balaban J connectivity index is 2.11. The first kappa shape index (κ1) is 17.0. The fraction of sp³-hybridized carbons (Fsp3) is 0.176. The average Bonchev–Trinajstić information content (AvgIpc) is 2.51. The van der Waals surface area contributed by atoms with Crippen molar-refractivity contribution in [1.82, 2.24) is 5.32 Å². The van der Waals surface area contributed by atoms with Crippen molar-refractivity contribution < 1.29 is 14.0 Å². The van der Waals surface area contributed by atoms with Crippen molar-refractivity contribution in [3.63, 3.8) is 0 Å². The highest BCUT2D eigenvalue weighted by Crippen LogP contribution is 2.22. The lowest BCUT2D eigenvalue weighted by Gasteiger charge is -2.18. The van der Waals surface area contributed by atoms with E-state index in [9.17, 15) is 14.0 Å². The molecule has 0 aliphatic rings. The van der Waals surface area contributed by atoms with E-state index in [2.05, 4.69) is 10.6 Å². The molecule has 2 N–H and O–H groups in total. The molecule has 4 nitrogen and oxygen atoms in total. The van der Waals surface area contributed by atoms with Gasteiger partial charge in [-0.25, -0.2) is 4.39 Å². The SMILES string of the molecule is CC(=O)N[C@H](CC(=O)Nc1cc(Cl)ccc1F)c1ccccc1. The molecule has 0 aliphatic heterocycles. The Morgan fingerprint density at radius 2 is 1.87 bits per heavy atom. The predicted octanol–water partition coefficient (Wildman–Crippen LogP) is 3.69. The molecular weight excluding hydrogens is 319 g/mol. The van der Waals surface area contributed by atoms with Gasteiger partial charge in [-0.1, -0.05) is 41.9 Å². The zero-order chi connectivity index (χ0) is 16.8. The van der Waals surface area contributed by atoms with E-state index >= 15 is 0 Å². The number of rotatable bonds is 5. The van der Waals surface area contributed by atoms with Crippen LogP contribution in [0.15, 0.2) is 48.5 Å². The maximum absolute atomic E-state index is 13.7. The third-order valence-electron chi connectivity index (χ3n) is 3.17. The Morgan fingerprint density at radius 1 is 1.17 bits per heavy atom. The minimum Gasteiger partial charge on any atom is -0.349 e. The van der Waals surface area contributed by atoms with Crippen LogP contribution in [0, 0.1) is 5.82 Å². The minimum atomic E-state index is -0.571. The molecule has 0 saturated heterocycles. The molecule has 0 bridgehead atoms. The molecule has 0 saturated carbocycles. The van der Waals surface area contributed by atoms with Gasteiger partial charge in [-0.05, 0) is 23.8 Å². The highest BCUT2D eigenvalue weighted by Gasteiger charge is 2.18. The first-order valence-corrected chi connectivity index (χ1v) is 7.40. The molecule has 120 valence electrons. The van der Waals surface area contributed by atoms with Crippen LogP contribution in [-0.4, -0.2) is 11.8 Å². The van der Waals surface area contributed by atoms with Gasteiger partial charge in [-0.2, -0.15) is 0 Å². The smallest absolute Gasteiger partial charge is 0.226 e. The number of amides is 2. The maximum Gasteiger partial charge on any atom is 0.226 e. The van der Waals surface area contributed by atoms with Crippen molar-refractivity contribution in [1.29, 1.82) is 0 Å². The summed E-state index contributed by atoms with van der Waals surface area (Å²) in [6.45, 7) is 1.38. The average molecular weight is 335 g/mol. The fourth-order valence-electron chi connectivity index (χ4n) is 2.16. The second kappa shape index (κ2) is 7.74. The summed E-state index contributed by atoms with van der Waals surface area (Å²) in [5.74, 6) is -1.24. The topological polar surface area (TPSA) is 58.2 Å². The fourth-order valence-corrected chi connectivity index (χ4v) is 2.33. The number of hydrogen-bond acceptors (Lipinski definition) is 2. The van der Waals surface area contributed by atoms with Crippen LogP contribution in [0.4, 0.5) is 10.1 Å². The van der Waals surface area contributed by atoms with Crippen molar-refractivity contribution in [2.24, 2.45) is 0 Å². The van der Waals surface area contributed by atoms with E-state index in [4.69, 9.17) is 11.6 Å². The van der Waals surface area contributed by atoms with Gasteiger partial charge in [-0.3, -0.25) is 9.59 Å². The molecule has 6 heteroatoms. The summed E-state index contributed by atoms with van der Waals surface area (Å²) in [5, 5.41) is 5.52. The lowest BCUT2D eigenvalue weighted by Crippen LogP contribution is -2.29. The van der Waals surface area contributed by atoms with E-state index in [-0.39, 0.29) is 18.0 Å². The number of carbonyl (C=O) groups excluding carboxylic acids is 2. The number of carbonyl (C=O) groups is 2. The lowest BCUT2D eigenvalue weighted by atomic mass is 10.0. The van der Waals surface area contributed by atoms with Gasteiger partial charge in [0.1, 0.15) is 5.82 Å². The van der Waals surface area contributed by atoms with Crippen LogP contribution in [0.2, 0.25) is 5.02 Å². The molecule has 0 aliphatic carbocycles. The third-order valence-corrected chi connectivity index (χ3v) is 3.41. The Bertz CT molecular complexity index is 707. The van der Waals surface area contributed by atoms with Crippen molar-refractivity contribution in [3.05, 3.63) is 64.9 Å². The molecule has 23 heavy (non-hydrogen) atoms. The molecule has 0 heterocycles.